The fourth-order valence-electron chi connectivity index (χ4n) is 3.31. The van der Waals surface area contributed by atoms with Crippen molar-refractivity contribution < 1.29 is 13.5 Å². The van der Waals surface area contributed by atoms with Gasteiger partial charge in [0.15, 0.2) is 6.61 Å². The molecule has 1 aromatic carbocycles. The van der Waals surface area contributed by atoms with Crippen LogP contribution >= 0.6 is 0 Å². The second-order valence-electron chi connectivity index (χ2n) is 6.83. The van der Waals surface area contributed by atoms with Gasteiger partial charge >= 0.3 is 0 Å². The molecule has 0 aliphatic rings. The summed E-state index contributed by atoms with van der Waals surface area (Å²) in [5, 5.41) is 4.58. The predicted octanol–water partition coefficient (Wildman–Crippen LogP) is 4.70. The summed E-state index contributed by atoms with van der Waals surface area (Å²) in [5.41, 5.74) is 4.76. The first-order valence-corrected chi connectivity index (χ1v) is 9.77. The highest BCUT2D eigenvalue weighted by molar-refractivity contribution is 5.80. The van der Waals surface area contributed by atoms with Crippen molar-refractivity contribution in [1.82, 2.24) is 24.7 Å². The molecule has 0 bridgehead atoms. The lowest BCUT2D eigenvalue weighted by molar-refractivity contribution is 0.266. The second-order valence-corrected chi connectivity index (χ2v) is 6.83. The smallest absolute Gasteiger partial charge is 0.247 e. The molecule has 0 radical (unpaired) electrons. The molecule has 0 fully saturated rings. The number of oxazole rings is 1. The fourth-order valence-corrected chi connectivity index (χ4v) is 3.31. The number of nitrogens with zero attached hydrogens (tertiary/aromatic N) is 5. The largest absolute Gasteiger partial charge is 0.484 e. The molecule has 5 aromatic rings. The number of halogens is 1. The summed E-state index contributed by atoms with van der Waals surface area (Å²) in [4.78, 5) is 12.6. The van der Waals surface area contributed by atoms with Crippen LogP contribution < -0.4 is 4.74 Å². The highest BCUT2D eigenvalue weighted by Gasteiger charge is 2.14. The Morgan fingerprint density at radius 3 is 2.58 bits per heavy atom. The molecular formula is C23H18FN5O2. The summed E-state index contributed by atoms with van der Waals surface area (Å²) >= 11 is 0. The van der Waals surface area contributed by atoms with E-state index in [1.165, 1.54) is 0 Å². The van der Waals surface area contributed by atoms with Gasteiger partial charge in [-0.15, -0.1) is 0 Å². The normalized spacial score (nSPS) is 11.1. The lowest BCUT2D eigenvalue weighted by atomic mass is 10.0. The topological polar surface area (TPSA) is 78.9 Å². The van der Waals surface area contributed by atoms with Gasteiger partial charge in [0.05, 0.1) is 6.54 Å². The SMILES string of the molecule is [18F]CCn1cc(-c2ccncc2)c(-c2ccc(OCc3nc4cccnc4o3)cc2)n1. The zero-order valence-corrected chi connectivity index (χ0v) is 16.5. The number of benzene rings is 1. The summed E-state index contributed by atoms with van der Waals surface area (Å²) in [6.07, 6.45) is 6.97. The Balaban J connectivity index is 1.37. The Morgan fingerprint density at radius 1 is 0.968 bits per heavy atom. The molecule has 4 heterocycles. The number of pyridine rings is 2. The van der Waals surface area contributed by atoms with Crippen LogP contribution in [0.4, 0.5) is 4.39 Å². The number of hydrogen-bond donors (Lipinski definition) is 0. The number of aromatic nitrogens is 5. The molecule has 154 valence electrons. The van der Waals surface area contributed by atoms with Crippen LogP contribution in [0.15, 0.2) is 77.7 Å². The van der Waals surface area contributed by atoms with Crippen molar-refractivity contribution in [3.63, 3.8) is 0 Å². The molecule has 0 saturated carbocycles. The third-order valence-electron chi connectivity index (χ3n) is 4.77. The average molecular weight is 414 g/mol. The molecule has 4 aromatic heterocycles. The standard InChI is InChI=1S/C23H18FN5O2/c24-9-13-29-14-19(16-7-11-25-12-8-16)22(28-29)17-3-5-18(6-4-17)30-15-21-27-20-2-1-10-26-23(20)31-21/h1-8,10-12,14H,9,13,15H2/i24-1. The average Bonchev–Trinajstić information content (AvgIpc) is 3.43. The van der Waals surface area contributed by atoms with E-state index in [1.807, 2.05) is 54.7 Å². The molecule has 0 aliphatic carbocycles. The Bertz CT molecular complexity index is 1270. The van der Waals surface area contributed by atoms with Crippen LogP contribution in [0.2, 0.25) is 0 Å². The van der Waals surface area contributed by atoms with Gasteiger partial charge in [0.1, 0.15) is 23.6 Å². The molecule has 0 N–H and O–H groups in total. The van der Waals surface area contributed by atoms with Crippen molar-refractivity contribution in [2.45, 2.75) is 13.2 Å². The number of fused-ring (bicyclic) bond motifs is 1. The van der Waals surface area contributed by atoms with Crippen molar-refractivity contribution in [2.75, 3.05) is 6.67 Å². The summed E-state index contributed by atoms with van der Waals surface area (Å²) in [6.45, 7) is -0.0727. The monoisotopic (exact) mass is 414 g/mol. The maximum atomic E-state index is 12.9. The minimum absolute atomic E-state index is 0.198. The number of alkyl halides is 1. The Labute approximate surface area is 177 Å². The Kier molecular flexibility index (Phi) is 5.10. The zero-order chi connectivity index (χ0) is 21.0. The molecule has 31 heavy (non-hydrogen) atoms. The van der Waals surface area contributed by atoms with Gasteiger partial charge in [-0.1, -0.05) is 0 Å². The van der Waals surface area contributed by atoms with Crippen molar-refractivity contribution in [3.8, 4) is 28.1 Å². The van der Waals surface area contributed by atoms with Crippen LogP contribution in [-0.4, -0.2) is 31.4 Å². The second kappa shape index (κ2) is 8.35. The van der Waals surface area contributed by atoms with E-state index in [1.54, 1.807) is 23.3 Å². The lowest BCUT2D eigenvalue weighted by Gasteiger charge is -2.06. The molecule has 0 saturated heterocycles. The van der Waals surface area contributed by atoms with Gasteiger partial charge in [-0.3, -0.25) is 9.67 Å². The fraction of sp³-hybridized carbons (Fsp3) is 0.130. The van der Waals surface area contributed by atoms with Crippen LogP contribution in [0.5, 0.6) is 5.75 Å². The maximum absolute atomic E-state index is 12.9. The molecule has 5 rings (SSSR count). The van der Waals surface area contributed by atoms with E-state index in [0.717, 1.165) is 22.4 Å². The highest BCUT2D eigenvalue weighted by atomic mass is 18.2. The molecule has 0 atom stereocenters. The number of aryl methyl sites for hydroxylation is 1. The molecule has 7 nitrogen and oxygen atoms in total. The quantitative estimate of drug-likeness (QED) is 0.384. The van der Waals surface area contributed by atoms with Crippen molar-refractivity contribution in [2.24, 2.45) is 0 Å². The van der Waals surface area contributed by atoms with Crippen LogP contribution in [0, 0.1) is 0 Å². The molecule has 8 heteroatoms. The third-order valence-corrected chi connectivity index (χ3v) is 4.77. The maximum Gasteiger partial charge on any atom is 0.247 e. The third kappa shape index (κ3) is 4.00. The van der Waals surface area contributed by atoms with E-state index in [0.29, 0.717) is 22.9 Å². The van der Waals surface area contributed by atoms with E-state index in [4.69, 9.17) is 9.15 Å². The summed E-state index contributed by atoms with van der Waals surface area (Å²) in [7, 11) is 0. The molecular weight excluding hydrogens is 396 g/mol. The van der Waals surface area contributed by atoms with Crippen molar-refractivity contribution >= 4 is 11.2 Å². The van der Waals surface area contributed by atoms with Gasteiger partial charge in [0.2, 0.25) is 11.6 Å². The zero-order valence-electron chi connectivity index (χ0n) is 16.5. The first-order chi connectivity index (χ1) is 15.3. The minimum atomic E-state index is -0.477. The van der Waals surface area contributed by atoms with Crippen molar-refractivity contribution in [1.29, 1.82) is 0 Å². The number of hydrogen-bond acceptors (Lipinski definition) is 6. The van der Waals surface area contributed by atoms with Gasteiger partial charge < -0.3 is 9.15 Å². The Hall–Kier alpha value is -4.07. The summed E-state index contributed by atoms with van der Waals surface area (Å²) in [5.74, 6) is 1.13. The van der Waals surface area contributed by atoms with Crippen molar-refractivity contribution in [3.05, 3.63) is 79.2 Å². The molecule has 0 amide bonds. The first kappa shape index (κ1) is 18.9. The molecule has 0 spiro atoms. The van der Waals surface area contributed by atoms with E-state index in [-0.39, 0.29) is 13.2 Å². The van der Waals surface area contributed by atoms with Crippen LogP contribution in [0.3, 0.4) is 0 Å². The molecule has 0 unspecified atom stereocenters. The van der Waals surface area contributed by atoms with Gasteiger partial charge in [0, 0.05) is 35.9 Å². The van der Waals surface area contributed by atoms with E-state index in [2.05, 4.69) is 20.1 Å². The van der Waals surface area contributed by atoms with E-state index < -0.39 is 6.67 Å². The lowest BCUT2D eigenvalue weighted by Crippen LogP contribution is -1.99. The summed E-state index contributed by atoms with van der Waals surface area (Å²) in [6, 6.07) is 15.0. The van der Waals surface area contributed by atoms with Gasteiger partial charge in [-0.05, 0) is 54.1 Å². The van der Waals surface area contributed by atoms with Gasteiger partial charge in [-0.2, -0.15) is 5.10 Å². The van der Waals surface area contributed by atoms with Crippen LogP contribution in [0.25, 0.3) is 33.6 Å². The Morgan fingerprint density at radius 2 is 1.81 bits per heavy atom. The minimum Gasteiger partial charge on any atom is -0.484 e. The highest BCUT2D eigenvalue weighted by Crippen LogP contribution is 2.32. The van der Waals surface area contributed by atoms with E-state index >= 15 is 0 Å². The molecule has 0 aliphatic heterocycles. The van der Waals surface area contributed by atoms with Crippen LogP contribution in [-0.2, 0) is 13.2 Å². The predicted molar refractivity (Wildman–Crippen MR) is 113 cm³/mol. The first-order valence-electron chi connectivity index (χ1n) is 9.77. The van der Waals surface area contributed by atoms with Gasteiger partial charge in [-0.25, -0.2) is 14.4 Å². The summed E-state index contributed by atoms with van der Waals surface area (Å²) < 4.78 is 25.9. The number of ether oxygens (including phenoxy) is 1. The number of rotatable bonds is 7. The van der Waals surface area contributed by atoms with Crippen LogP contribution in [0.1, 0.15) is 5.89 Å². The van der Waals surface area contributed by atoms with E-state index in [9.17, 15) is 4.39 Å². The van der Waals surface area contributed by atoms with Gasteiger partial charge in [0.25, 0.3) is 0 Å².